The van der Waals surface area contributed by atoms with Crippen LogP contribution in [-0.2, 0) is 4.74 Å². The van der Waals surface area contributed by atoms with Gasteiger partial charge in [-0.3, -0.25) is 4.90 Å². The highest BCUT2D eigenvalue weighted by Gasteiger charge is 2.54. The van der Waals surface area contributed by atoms with Gasteiger partial charge in [0.05, 0.1) is 5.54 Å². The Kier molecular flexibility index (Phi) is 2.18. The van der Waals surface area contributed by atoms with Crippen LogP contribution >= 0.6 is 0 Å². The van der Waals surface area contributed by atoms with Gasteiger partial charge in [0.25, 0.3) is 0 Å². The van der Waals surface area contributed by atoms with Gasteiger partial charge in [0.15, 0.2) is 0 Å². The Morgan fingerprint density at radius 3 is 2.56 bits per heavy atom. The number of rotatable bonds is 1. The second-order valence-corrected chi connectivity index (χ2v) is 5.79. The minimum atomic E-state index is -0.115. The third-order valence-corrected chi connectivity index (χ3v) is 4.28. The Morgan fingerprint density at radius 2 is 2.00 bits per heavy atom. The SMILES string of the molecule is CC(C)N1C(=O)OCC12CC1CCC(C2)N1. The van der Waals surface area contributed by atoms with Crippen LogP contribution < -0.4 is 5.32 Å². The van der Waals surface area contributed by atoms with E-state index in [0.29, 0.717) is 18.7 Å². The molecule has 4 nitrogen and oxygen atoms in total. The molecule has 2 unspecified atom stereocenters. The van der Waals surface area contributed by atoms with Crippen molar-refractivity contribution >= 4 is 6.09 Å². The number of amides is 1. The van der Waals surface area contributed by atoms with E-state index >= 15 is 0 Å². The van der Waals surface area contributed by atoms with Gasteiger partial charge in [-0.2, -0.15) is 0 Å². The second-order valence-electron chi connectivity index (χ2n) is 5.79. The maximum absolute atomic E-state index is 11.8. The number of hydrogen-bond donors (Lipinski definition) is 1. The lowest BCUT2D eigenvalue weighted by molar-refractivity contribution is 0.0817. The fourth-order valence-electron chi connectivity index (χ4n) is 3.83. The lowest BCUT2D eigenvalue weighted by atomic mass is 9.83. The van der Waals surface area contributed by atoms with Crippen LogP contribution in [0.25, 0.3) is 0 Å². The minimum absolute atomic E-state index is 0.0116. The number of cyclic esters (lactones) is 1. The number of hydrogen-bond acceptors (Lipinski definition) is 3. The lowest BCUT2D eigenvalue weighted by Gasteiger charge is -2.43. The van der Waals surface area contributed by atoms with E-state index in [1.807, 2.05) is 4.90 Å². The van der Waals surface area contributed by atoms with Crippen molar-refractivity contribution in [2.75, 3.05) is 6.61 Å². The molecule has 3 aliphatic heterocycles. The van der Waals surface area contributed by atoms with Gasteiger partial charge < -0.3 is 10.1 Å². The summed E-state index contributed by atoms with van der Waals surface area (Å²) in [5.41, 5.74) is -0.0116. The number of carbonyl (C=O) groups is 1. The van der Waals surface area contributed by atoms with E-state index < -0.39 is 0 Å². The summed E-state index contributed by atoms with van der Waals surface area (Å²) in [5.74, 6) is 0. The van der Waals surface area contributed by atoms with E-state index in [9.17, 15) is 4.79 Å². The zero-order chi connectivity index (χ0) is 11.3. The van der Waals surface area contributed by atoms with Crippen LogP contribution in [0.1, 0.15) is 39.5 Å². The molecule has 0 aromatic carbocycles. The zero-order valence-electron chi connectivity index (χ0n) is 10.0. The van der Waals surface area contributed by atoms with Crippen molar-refractivity contribution in [2.24, 2.45) is 0 Å². The van der Waals surface area contributed by atoms with Crippen molar-refractivity contribution in [2.45, 2.75) is 63.2 Å². The normalized spacial score (nSPS) is 42.2. The van der Waals surface area contributed by atoms with Gasteiger partial charge in [0, 0.05) is 18.1 Å². The number of piperidine rings is 1. The summed E-state index contributed by atoms with van der Waals surface area (Å²) in [6.07, 6.45) is 4.52. The first kappa shape index (κ1) is 10.4. The average Bonchev–Trinajstić information content (AvgIpc) is 2.69. The molecule has 2 bridgehead atoms. The summed E-state index contributed by atoms with van der Waals surface area (Å²) >= 11 is 0. The molecule has 1 spiro atoms. The molecule has 3 fully saturated rings. The largest absolute Gasteiger partial charge is 0.447 e. The molecule has 16 heavy (non-hydrogen) atoms. The van der Waals surface area contributed by atoms with Gasteiger partial charge in [-0.25, -0.2) is 4.79 Å². The van der Waals surface area contributed by atoms with Crippen LogP contribution in [0.3, 0.4) is 0 Å². The van der Waals surface area contributed by atoms with E-state index in [0.717, 1.165) is 12.8 Å². The topological polar surface area (TPSA) is 41.6 Å². The number of ether oxygens (including phenoxy) is 1. The fraction of sp³-hybridized carbons (Fsp3) is 0.917. The Labute approximate surface area is 96.3 Å². The third kappa shape index (κ3) is 1.35. The molecule has 0 saturated carbocycles. The van der Waals surface area contributed by atoms with E-state index in [4.69, 9.17) is 4.74 Å². The Morgan fingerprint density at radius 1 is 1.38 bits per heavy atom. The van der Waals surface area contributed by atoms with Crippen molar-refractivity contribution < 1.29 is 9.53 Å². The van der Waals surface area contributed by atoms with Gasteiger partial charge >= 0.3 is 6.09 Å². The molecule has 0 aromatic rings. The Hall–Kier alpha value is -0.770. The van der Waals surface area contributed by atoms with Gasteiger partial charge in [0.1, 0.15) is 6.61 Å². The van der Waals surface area contributed by atoms with E-state index in [-0.39, 0.29) is 17.7 Å². The van der Waals surface area contributed by atoms with Crippen molar-refractivity contribution in [1.82, 2.24) is 10.2 Å². The monoisotopic (exact) mass is 224 g/mol. The van der Waals surface area contributed by atoms with Crippen molar-refractivity contribution in [3.63, 3.8) is 0 Å². The zero-order valence-corrected chi connectivity index (χ0v) is 10.0. The average molecular weight is 224 g/mol. The molecule has 3 rings (SSSR count). The van der Waals surface area contributed by atoms with Crippen molar-refractivity contribution in [1.29, 1.82) is 0 Å². The molecule has 0 aromatic heterocycles. The van der Waals surface area contributed by atoms with Crippen LogP contribution in [-0.4, -0.2) is 41.3 Å². The molecule has 3 saturated heterocycles. The molecule has 3 heterocycles. The highest BCUT2D eigenvalue weighted by atomic mass is 16.6. The van der Waals surface area contributed by atoms with Crippen molar-refractivity contribution in [3.05, 3.63) is 0 Å². The summed E-state index contributed by atoms with van der Waals surface area (Å²) in [5, 5.41) is 3.62. The molecular formula is C12H20N2O2. The molecule has 3 aliphatic rings. The Bertz CT molecular complexity index is 304. The van der Waals surface area contributed by atoms with E-state index in [2.05, 4.69) is 19.2 Å². The molecule has 2 atom stereocenters. The minimum Gasteiger partial charge on any atom is -0.447 e. The van der Waals surface area contributed by atoms with Crippen molar-refractivity contribution in [3.8, 4) is 0 Å². The Balaban J connectivity index is 1.89. The highest BCUT2D eigenvalue weighted by Crippen LogP contribution is 2.42. The van der Waals surface area contributed by atoms with E-state index in [1.54, 1.807) is 0 Å². The molecule has 1 amide bonds. The summed E-state index contributed by atoms with van der Waals surface area (Å²) in [6, 6.07) is 1.43. The second kappa shape index (κ2) is 3.36. The quantitative estimate of drug-likeness (QED) is 0.734. The molecule has 90 valence electrons. The fourth-order valence-corrected chi connectivity index (χ4v) is 3.83. The first-order valence-electron chi connectivity index (χ1n) is 6.33. The highest BCUT2D eigenvalue weighted by molar-refractivity contribution is 5.71. The molecular weight excluding hydrogens is 204 g/mol. The summed E-state index contributed by atoms with van der Waals surface area (Å²) in [7, 11) is 0. The summed E-state index contributed by atoms with van der Waals surface area (Å²) in [4.78, 5) is 13.8. The molecule has 0 aliphatic carbocycles. The third-order valence-electron chi connectivity index (χ3n) is 4.28. The maximum atomic E-state index is 11.8. The maximum Gasteiger partial charge on any atom is 0.410 e. The van der Waals surface area contributed by atoms with Gasteiger partial charge in [-0.1, -0.05) is 0 Å². The lowest BCUT2D eigenvalue weighted by Crippen LogP contribution is -2.59. The first-order valence-corrected chi connectivity index (χ1v) is 6.33. The van der Waals surface area contributed by atoms with E-state index in [1.165, 1.54) is 12.8 Å². The predicted molar refractivity (Wildman–Crippen MR) is 60.2 cm³/mol. The number of fused-ring (bicyclic) bond motifs is 2. The summed E-state index contributed by atoms with van der Waals surface area (Å²) < 4.78 is 5.30. The number of nitrogens with zero attached hydrogens (tertiary/aromatic N) is 1. The van der Waals surface area contributed by atoms with Crippen LogP contribution in [0.2, 0.25) is 0 Å². The molecule has 1 N–H and O–H groups in total. The first-order chi connectivity index (χ1) is 7.61. The smallest absolute Gasteiger partial charge is 0.410 e. The standard InChI is InChI=1S/C12H20N2O2/c1-8(2)14-11(15)16-7-12(14)5-9-3-4-10(6-12)13-9/h8-10,13H,3-7H2,1-2H3. The predicted octanol–water partition coefficient (Wildman–Crippen LogP) is 1.50. The van der Waals surface area contributed by atoms with Crippen LogP contribution in [0.5, 0.6) is 0 Å². The van der Waals surface area contributed by atoms with Gasteiger partial charge in [-0.15, -0.1) is 0 Å². The van der Waals surface area contributed by atoms with Gasteiger partial charge in [0.2, 0.25) is 0 Å². The van der Waals surface area contributed by atoms with Crippen LogP contribution in [0, 0.1) is 0 Å². The molecule has 0 radical (unpaired) electrons. The van der Waals surface area contributed by atoms with Crippen LogP contribution in [0.4, 0.5) is 4.79 Å². The van der Waals surface area contributed by atoms with Gasteiger partial charge in [-0.05, 0) is 39.5 Å². The number of nitrogens with one attached hydrogen (secondary N) is 1. The number of carbonyl (C=O) groups excluding carboxylic acids is 1. The molecule has 4 heteroatoms. The summed E-state index contributed by atoms with van der Waals surface area (Å²) in [6.45, 7) is 4.76. The van der Waals surface area contributed by atoms with Crippen LogP contribution in [0.15, 0.2) is 0 Å².